The molecule has 2 heterocycles. The smallest absolute Gasteiger partial charge is 0.126 e. The number of pyridine rings is 2. The van der Waals surface area contributed by atoms with E-state index in [1.807, 2.05) is 31.2 Å². The lowest BCUT2D eigenvalue weighted by atomic mass is 10.1. The lowest BCUT2D eigenvalue weighted by Gasteiger charge is -2.09. The monoisotopic (exact) mass is 327 g/mol. The van der Waals surface area contributed by atoms with E-state index in [0.29, 0.717) is 11.6 Å². The molecule has 3 nitrogen and oxygen atoms in total. The van der Waals surface area contributed by atoms with Gasteiger partial charge in [0.1, 0.15) is 11.6 Å². The Morgan fingerprint density at radius 1 is 1.13 bits per heavy atom. The predicted octanol–water partition coefficient (Wildman–Crippen LogP) is 4.86. The molecule has 0 amide bonds. The van der Waals surface area contributed by atoms with Gasteiger partial charge in [-0.3, -0.25) is 4.98 Å². The maximum Gasteiger partial charge on any atom is 0.126 e. The van der Waals surface area contributed by atoms with Gasteiger partial charge in [-0.2, -0.15) is 0 Å². The van der Waals surface area contributed by atoms with Crippen LogP contribution in [0.25, 0.3) is 11.3 Å². The maximum atomic E-state index is 12.9. The third-order valence-corrected chi connectivity index (χ3v) is 3.71. The summed E-state index contributed by atoms with van der Waals surface area (Å²) in [6, 6.07) is 14.0. The zero-order valence-corrected chi connectivity index (χ0v) is 13.3. The number of halogens is 2. The lowest BCUT2D eigenvalue weighted by molar-refractivity contribution is 0.627. The van der Waals surface area contributed by atoms with Crippen molar-refractivity contribution in [3.63, 3.8) is 0 Å². The number of nitrogens with one attached hydrogen (secondary N) is 1. The molecule has 0 bridgehead atoms. The minimum Gasteiger partial charge on any atom is -0.366 e. The Hall–Kier alpha value is -2.46. The Kier molecular flexibility index (Phi) is 4.53. The molecular formula is C18H15ClFN3. The van der Waals surface area contributed by atoms with Crippen LogP contribution in [0.5, 0.6) is 0 Å². The summed E-state index contributed by atoms with van der Waals surface area (Å²) in [7, 11) is 0. The van der Waals surface area contributed by atoms with Crippen LogP contribution in [-0.2, 0) is 6.54 Å². The third kappa shape index (κ3) is 3.85. The van der Waals surface area contributed by atoms with E-state index < -0.39 is 0 Å². The van der Waals surface area contributed by atoms with Crippen LogP contribution in [0.15, 0.2) is 54.7 Å². The highest BCUT2D eigenvalue weighted by Gasteiger charge is 2.07. The topological polar surface area (TPSA) is 37.8 Å². The fraction of sp³-hybridized carbons (Fsp3) is 0.111. The SMILES string of the molecule is Cc1cc(-c2cccc(NCc3ccc(F)cc3)n2)c(Cl)cn1. The Morgan fingerprint density at radius 2 is 1.91 bits per heavy atom. The van der Waals surface area contributed by atoms with Crippen molar-refractivity contribution in [1.82, 2.24) is 9.97 Å². The minimum atomic E-state index is -0.239. The molecule has 5 heteroatoms. The molecule has 0 radical (unpaired) electrons. The van der Waals surface area contributed by atoms with Gasteiger partial charge in [-0.1, -0.05) is 29.8 Å². The Balaban J connectivity index is 1.79. The lowest BCUT2D eigenvalue weighted by Crippen LogP contribution is -2.02. The summed E-state index contributed by atoms with van der Waals surface area (Å²) < 4.78 is 12.9. The first-order valence-corrected chi connectivity index (χ1v) is 7.57. The number of hydrogen-bond donors (Lipinski definition) is 1. The van der Waals surface area contributed by atoms with Gasteiger partial charge in [-0.15, -0.1) is 0 Å². The van der Waals surface area contributed by atoms with Gasteiger partial charge < -0.3 is 5.32 Å². The van der Waals surface area contributed by atoms with E-state index in [0.717, 1.165) is 28.3 Å². The van der Waals surface area contributed by atoms with E-state index in [9.17, 15) is 4.39 Å². The van der Waals surface area contributed by atoms with Gasteiger partial charge in [-0.25, -0.2) is 9.37 Å². The number of nitrogens with zero attached hydrogens (tertiary/aromatic N) is 2. The van der Waals surface area contributed by atoms with Crippen molar-refractivity contribution in [1.29, 1.82) is 0 Å². The van der Waals surface area contributed by atoms with Gasteiger partial charge in [0.25, 0.3) is 0 Å². The van der Waals surface area contributed by atoms with Crippen molar-refractivity contribution >= 4 is 17.4 Å². The number of anilines is 1. The number of aromatic nitrogens is 2. The predicted molar refractivity (Wildman–Crippen MR) is 90.9 cm³/mol. The molecule has 0 aliphatic rings. The van der Waals surface area contributed by atoms with Crippen molar-refractivity contribution in [3.8, 4) is 11.3 Å². The highest BCUT2D eigenvalue weighted by molar-refractivity contribution is 6.33. The molecule has 3 rings (SSSR count). The summed E-state index contributed by atoms with van der Waals surface area (Å²) in [5, 5.41) is 3.80. The molecule has 0 unspecified atom stereocenters. The maximum absolute atomic E-state index is 12.9. The Morgan fingerprint density at radius 3 is 2.70 bits per heavy atom. The van der Waals surface area contributed by atoms with Gasteiger partial charge in [0.05, 0.1) is 10.7 Å². The van der Waals surface area contributed by atoms with Crippen LogP contribution in [0.4, 0.5) is 10.2 Å². The highest BCUT2D eigenvalue weighted by Crippen LogP contribution is 2.27. The van der Waals surface area contributed by atoms with Crippen LogP contribution in [0, 0.1) is 12.7 Å². The van der Waals surface area contributed by atoms with Crippen LogP contribution in [-0.4, -0.2) is 9.97 Å². The highest BCUT2D eigenvalue weighted by atomic mass is 35.5. The number of rotatable bonds is 4. The molecule has 1 aromatic carbocycles. The molecule has 3 aromatic rings. The third-order valence-electron chi connectivity index (χ3n) is 3.40. The first-order chi connectivity index (χ1) is 11.1. The van der Waals surface area contributed by atoms with Crippen molar-refractivity contribution in [3.05, 3.63) is 76.8 Å². The zero-order chi connectivity index (χ0) is 16.2. The van der Waals surface area contributed by atoms with Crippen LogP contribution in [0.1, 0.15) is 11.3 Å². The minimum absolute atomic E-state index is 0.239. The Labute approximate surface area is 139 Å². The molecule has 0 saturated heterocycles. The molecule has 23 heavy (non-hydrogen) atoms. The fourth-order valence-electron chi connectivity index (χ4n) is 2.22. The summed E-state index contributed by atoms with van der Waals surface area (Å²) >= 11 is 6.21. The van der Waals surface area contributed by atoms with Gasteiger partial charge in [-0.05, 0) is 42.8 Å². The first-order valence-electron chi connectivity index (χ1n) is 7.20. The summed E-state index contributed by atoms with van der Waals surface area (Å²) in [6.07, 6.45) is 1.63. The Bertz CT molecular complexity index is 819. The number of aryl methyl sites for hydroxylation is 1. The molecule has 0 aliphatic carbocycles. The second-order valence-corrected chi connectivity index (χ2v) is 5.60. The van der Waals surface area contributed by atoms with E-state index in [1.54, 1.807) is 18.3 Å². The van der Waals surface area contributed by atoms with Crippen LogP contribution >= 0.6 is 11.6 Å². The molecule has 0 spiro atoms. The average molecular weight is 328 g/mol. The number of hydrogen-bond acceptors (Lipinski definition) is 3. The van der Waals surface area contributed by atoms with Gasteiger partial charge in [0, 0.05) is 24.0 Å². The van der Waals surface area contributed by atoms with Crippen LogP contribution < -0.4 is 5.32 Å². The average Bonchev–Trinajstić information content (AvgIpc) is 2.57. The van der Waals surface area contributed by atoms with E-state index in [4.69, 9.17) is 11.6 Å². The van der Waals surface area contributed by atoms with E-state index in [-0.39, 0.29) is 5.82 Å². The van der Waals surface area contributed by atoms with E-state index >= 15 is 0 Å². The molecule has 1 N–H and O–H groups in total. The summed E-state index contributed by atoms with van der Waals surface area (Å²) in [5.41, 5.74) is 3.50. The molecule has 2 aromatic heterocycles. The molecule has 0 atom stereocenters. The number of benzene rings is 1. The summed E-state index contributed by atoms with van der Waals surface area (Å²) in [4.78, 5) is 8.74. The quantitative estimate of drug-likeness (QED) is 0.744. The normalized spacial score (nSPS) is 10.6. The van der Waals surface area contributed by atoms with Crippen molar-refractivity contribution in [2.24, 2.45) is 0 Å². The van der Waals surface area contributed by atoms with Gasteiger partial charge in [0.2, 0.25) is 0 Å². The first kappa shape index (κ1) is 15.4. The van der Waals surface area contributed by atoms with Crippen LogP contribution in [0.3, 0.4) is 0 Å². The largest absolute Gasteiger partial charge is 0.366 e. The van der Waals surface area contributed by atoms with Gasteiger partial charge in [0.15, 0.2) is 0 Å². The van der Waals surface area contributed by atoms with Crippen LogP contribution in [0.2, 0.25) is 5.02 Å². The molecular weight excluding hydrogens is 313 g/mol. The van der Waals surface area contributed by atoms with E-state index in [2.05, 4.69) is 15.3 Å². The zero-order valence-electron chi connectivity index (χ0n) is 12.6. The molecule has 0 aliphatic heterocycles. The van der Waals surface area contributed by atoms with Crippen molar-refractivity contribution < 1.29 is 4.39 Å². The summed E-state index contributed by atoms with van der Waals surface area (Å²) in [6.45, 7) is 2.48. The van der Waals surface area contributed by atoms with Crippen molar-refractivity contribution in [2.45, 2.75) is 13.5 Å². The molecule has 0 saturated carbocycles. The van der Waals surface area contributed by atoms with E-state index in [1.165, 1.54) is 12.1 Å². The van der Waals surface area contributed by atoms with Gasteiger partial charge >= 0.3 is 0 Å². The fourth-order valence-corrected chi connectivity index (χ4v) is 2.42. The molecule has 116 valence electrons. The second-order valence-electron chi connectivity index (χ2n) is 5.19. The summed E-state index contributed by atoms with van der Waals surface area (Å²) in [5.74, 6) is 0.494. The second kappa shape index (κ2) is 6.75. The standard InChI is InChI=1S/C18H15ClFN3/c1-12-9-15(16(19)11-21-12)17-3-2-4-18(23-17)22-10-13-5-7-14(20)8-6-13/h2-9,11H,10H2,1H3,(H,22,23). The molecule has 0 fully saturated rings. The van der Waals surface area contributed by atoms with Crippen molar-refractivity contribution in [2.75, 3.05) is 5.32 Å².